The molecule has 1 aromatic heterocycles. The Morgan fingerprint density at radius 2 is 2.00 bits per heavy atom. The van der Waals surface area contributed by atoms with Gasteiger partial charge in [0.15, 0.2) is 0 Å². The zero-order chi connectivity index (χ0) is 18.6. The lowest BCUT2D eigenvalue weighted by molar-refractivity contribution is -0.113. The predicted octanol–water partition coefficient (Wildman–Crippen LogP) is 3.75. The van der Waals surface area contributed by atoms with Crippen LogP contribution in [-0.4, -0.2) is 16.6 Å². The maximum absolute atomic E-state index is 12.2. The van der Waals surface area contributed by atoms with Crippen LogP contribution in [0.25, 0.3) is 0 Å². The number of nitrogens with two attached hydrogens (primary N) is 1. The molecule has 3 N–H and O–H groups in total. The van der Waals surface area contributed by atoms with Gasteiger partial charge in [-0.15, -0.1) is 0 Å². The Bertz CT molecular complexity index is 934. The third-order valence-electron chi connectivity index (χ3n) is 3.15. The van der Waals surface area contributed by atoms with Crippen molar-refractivity contribution >= 4 is 52.4 Å². The highest BCUT2D eigenvalue weighted by molar-refractivity contribution is 8.00. The largest absolute Gasteiger partial charge is 0.383 e. The van der Waals surface area contributed by atoms with E-state index in [0.717, 1.165) is 17.3 Å². The average Bonchev–Trinajstić information content (AvgIpc) is 2.60. The van der Waals surface area contributed by atoms with Gasteiger partial charge in [-0.3, -0.25) is 4.79 Å². The number of thioether (sulfide) groups is 1. The number of hydrogen-bond donors (Lipinski definition) is 2. The number of hydrogen-bond acceptors (Lipinski definition) is 6. The number of aryl methyl sites for hydroxylation is 1. The monoisotopic (exact) mass is 391 g/mol. The number of rotatable bonds is 4. The van der Waals surface area contributed by atoms with Gasteiger partial charge in [-0.25, -0.2) is 4.98 Å². The second-order valence-corrected chi connectivity index (χ2v) is 6.64. The van der Waals surface area contributed by atoms with Gasteiger partial charge in [0.05, 0.1) is 32.6 Å². The Morgan fingerprint density at radius 1 is 1.32 bits per heavy atom. The van der Waals surface area contributed by atoms with Crippen LogP contribution >= 0.6 is 35.0 Å². The first kappa shape index (κ1) is 18.9. The Morgan fingerprint density at radius 3 is 2.64 bits per heavy atom. The highest BCUT2D eigenvalue weighted by Gasteiger charge is 2.15. The summed E-state index contributed by atoms with van der Waals surface area (Å²) in [5.41, 5.74) is 7.06. The number of benzene rings is 1. The standard InChI is InChI=1S/C16H11Cl2N5OS/c1-8-2-3-11(17)14(13(8)18)22-12(24)7-25-16-10(6-20)4-9(5-19)15(21)23-16/h2-4H,7H2,1H3,(H2,21,23)(H,22,24). The molecular formula is C16H11Cl2N5OS. The normalized spacial score (nSPS) is 9.96. The van der Waals surface area contributed by atoms with Crippen LogP contribution in [0.15, 0.2) is 23.2 Å². The van der Waals surface area contributed by atoms with Crippen molar-refractivity contribution in [2.75, 3.05) is 16.8 Å². The predicted molar refractivity (Wildman–Crippen MR) is 98.6 cm³/mol. The van der Waals surface area contributed by atoms with Crippen LogP contribution in [0.3, 0.4) is 0 Å². The first-order chi connectivity index (χ1) is 11.9. The third-order valence-corrected chi connectivity index (χ3v) is 4.94. The number of carbonyl (C=O) groups is 1. The van der Waals surface area contributed by atoms with Gasteiger partial charge in [-0.2, -0.15) is 10.5 Å². The Hall–Kier alpha value is -2.45. The van der Waals surface area contributed by atoms with Crippen molar-refractivity contribution in [2.45, 2.75) is 11.9 Å². The summed E-state index contributed by atoms with van der Waals surface area (Å²) >= 11 is 13.2. The third kappa shape index (κ3) is 4.34. The second-order valence-electron chi connectivity index (χ2n) is 4.89. The molecule has 0 fully saturated rings. The SMILES string of the molecule is Cc1ccc(Cl)c(NC(=O)CSc2nc(N)c(C#N)cc2C#N)c1Cl. The van der Waals surface area contributed by atoms with E-state index in [0.29, 0.717) is 15.7 Å². The summed E-state index contributed by atoms with van der Waals surface area (Å²) in [6.45, 7) is 1.80. The van der Waals surface area contributed by atoms with Gasteiger partial charge in [0.2, 0.25) is 5.91 Å². The smallest absolute Gasteiger partial charge is 0.234 e. The lowest BCUT2D eigenvalue weighted by Crippen LogP contribution is -2.15. The van der Waals surface area contributed by atoms with E-state index in [1.54, 1.807) is 19.1 Å². The molecule has 0 spiro atoms. The fourth-order valence-corrected chi connectivity index (χ4v) is 3.10. The maximum Gasteiger partial charge on any atom is 0.234 e. The van der Waals surface area contributed by atoms with Crippen molar-refractivity contribution < 1.29 is 4.79 Å². The molecular weight excluding hydrogens is 381 g/mol. The first-order valence-corrected chi connectivity index (χ1v) is 8.59. The molecule has 1 aromatic carbocycles. The van der Waals surface area contributed by atoms with Crippen molar-refractivity contribution in [3.05, 3.63) is 44.9 Å². The van der Waals surface area contributed by atoms with Crippen LogP contribution in [0, 0.1) is 29.6 Å². The highest BCUT2D eigenvalue weighted by Crippen LogP contribution is 2.33. The van der Waals surface area contributed by atoms with E-state index >= 15 is 0 Å². The molecule has 1 amide bonds. The van der Waals surface area contributed by atoms with Crippen molar-refractivity contribution in [1.82, 2.24) is 4.98 Å². The topological polar surface area (TPSA) is 116 Å². The number of nitrogen functional groups attached to an aromatic ring is 1. The Balaban J connectivity index is 2.14. The number of pyridine rings is 1. The van der Waals surface area contributed by atoms with E-state index in [2.05, 4.69) is 10.3 Å². The number of nitriles is 2. The Labute approximate surface area is 158 Å². The summed E-state index contributed by atoms with van der Waals surface area (Å²) in [6.07, 6.45) is 0. The first-order valence-electron chi connectivity index (χ1n) is 6.85. The van der Waals surface area contributed by atoms with Crippen LogP contribution in [0.5, 0.6) is 0 Å². The van der Waals surface area contributed by atoms with Gasteiger partial charge in [-0.05, 0) is 24.6 Å². The number of nitrogens with zero attached hydrogens (tertiary/aromatic N) is 3. The summed E-state index contributed by atoms with van der Waals surface area (Å²) in [6, 6.07) is 8.52. The van der Waals surface area contributed by atoms with Crippen LogP contribution < -0.4 is 11.1 Å². The number of amides is 1. The molecule has 6 nitrogen and oxygen atoms in total. The molecule has 0 bridgehead atoms. The van der Waals surface area contributed by atoms with Gasteiger partial charge in [0.1, 0.15) is 23.0 Å². The van der Waals surface area contributed by atoms with Crippen molar-refractivity contribution in [3.63, 3.8) is 0 Å². The van der Waals surface area contributed by atoms with Gasteiger partial charge >= 0.3 is 0 Å². The molecule has 0 aliphatic heterocycles. The van der Waals surface area contributed by atoms with Crippen molar-refractivity contribution in [3.8, 4) is 12.1 Å². The summed E-state index contributed by atoms with van der Waals surface area (Å²) in [4.78, 5) is 16.2. The molecule has 0 saturated heterocycles. The van der Waals surface area contributed by atoms with E-state index < -0.39 is 0 Å². The van der Waals surface area contributed by atoms with E-state index in [-0.39, 0.29) is 33.6 Å². The van der Waals surface area contributed by atoms with E-state index in [4.69, 9.17) is 39.5 Å². The summed E-state index contributed by atoms with van der Waals surface area (Å²) in [5, 5.41) is 21.7. The number of carbonyl (C=O) groups excluding carboxylic acids is 1. The fraction of sp³-hybridized carbons (Fsp3) is 0.125. The number of anilines is 2. The molecule has 0 saturated carbocycles. The lowest BCUT2D eigenvalue weighted by Gasteiger charge is -2.11. The van der Waals surface area contributed by atoms with Crippen molar-refractivity contribution in [1.29, 1.82) is 10.5 Å². The van der Waals surface area contributed by atoms with Gasteiger partial charge in [0, 0.05) is 0 Å². The van der Waals surface area contributed by atoms with Crippen LogP contribution in [0.4, 0.5) is 11.5 Å². The minimum absolute atomic E-state index is 0.00850. The summed E-state index contributed by atoms with van der Waals surface area (Å²) in [5.74, 6) is -0.393. The summed E-state index contributed by atoms with van der Waals surface area (Å²) in [7, 11) is 0. The molecule has 9 heteroatoms. The molecule has 0 aliphatic carbocycles. The minimum atomic E-state index is -0.368. The molecule has 25 heavy (non-hydrogen) atoms. The number of nitrogens with one attached hydrogen (secondary N) is 1. The zero-order valence-electron chi connectivity index (χ0n) is 12.9. The number of halogens is 2. The molecule has 0 unspecified atom stereocenters. The van der Waals surface area contributed by atoms with Crippen LogP contribution in [0.1, 0.15) is 16.7 Å². The fourth-order valence-electron chi connectivity index (χ4n) is 1.87. The lowest BCUT2D eigenvalue weighted by atomic mass is 10.2. The molecule has 2 aromatic rings. The van der Waals surface area contributed by atoms with Crippen LogP contribution in [0.2, 0.25) is 10.0 Å². The number of aromatic nitrogens is 1. The average molecular weight is 392 g/mol. The van der Waals surface area contributed by atoms with Crippen molar-refractivity contribution in [2.24, 2.45) is 0 Å². The molecule has 126 valence electrons. The minimum Gasteiger partial charge on any atom is -0.383 e. The maximum atomic E-state index is 12.2. The highest BCUT2D eigenvalue weighted by atomic mass is 35.5. The van der Waals surface area contributed by atoms with E-state index in [1.165, 1.54) is 6.07 Å². The molecule has 0 aliphatic rings. The molecule has 1 heterocycles. The van der Waals surface area contributed by atoms with E-state index in [1.807, 2.05) is 12.1 Å². The second kappa shape index (κ2) is 8.09. The molecule has 0 radical (unpaired) electrons. The quantitative estimate of drug-likeness (QED) is 0.766. The van der Waals surface area contributed by atoms with Gasteiger partial charge in [-0.1, -0.05) is 41.0 Å². The summed E-state index contributed by atoms with van der Waals surface area (Å²) < 4.78 is 0. The molecule has 0 atom stereocenters. The van der Waals surface area contributed by atoms with Crippen LogP contribution in [-0.2, 0) is 4.79 Å². The van der Waals surface area contributed by atoms with Gasteiger partial charge < -0.3 is 11.1 Å². The van der Waals surface area contributed by atoms with E-state index in [9.17, 15) is 4.79 Å². The van der Waals surface area contributed by atoms with Gasteiger partial charge in [0.25, 0.3) is 0 Å². The Kier molecular flexibility index (Phi) is 6.11. The molecule has 2 rings (SSSR count). The zero-order valence-corrected chi connectivity index (χ0v) is 15.3.